The summed E-state index contributed by atoms with van der Waals surface area (Å²) in [6, 6.07) is 0. The summed E-state index contributed by atoms with van der Waals surface area (Å²) in [6.07, 6.45) is 0. The molecule has 0 aromatic carbocycles. The summed E-state index contributed by atoms with van der Waals surface area (Å²) in [5.74, 6) is 0. The number of hydrogen-bond donors (Lipinski definition) is 3. The maximum atomic E-state index is 10.2. The van der Waals surface area contributed by atoms with E-state index < -0.39 is 14.5 Å². The fraction of sp³-hybridized carbons (Fsp3) is 0.500. The van der Waals surface area contributed by atoms with Crippen LogP contribution in [0.5, 0.6) is 0 Å². The molecule has 0 aliphatic heterocycles. The summed E-state index contributed by atoms with van der Waals surface area (Å²) < 4.78 is 19.1. The largest absolute Gasteiger partial charge is 1.00 e. The SMILES string of the molecule is O=P(O)(O)O.[CH2-]CF.[Li+]. The molecule has 0 bridgehead atoms. The van der Waals surface area contributed by atoms with Gasteiger partial charge in [0.05, 0.1) is 0 Å². The molecule has 0 radical (unpaired) electrons. The molecule has 0 atom stereocenters. The van der Waals surface area contributed by atoms with Gasteiger partial charge in [0, 0.05) is 0 Å². The molecule has 0 heterocycles. The average Bonchev–Trinajstić information content (AvgIpc) is 1.27. The topological polar surface area (TPSA) is 77.8 Å². The van der Waals surface area contributed by atoms with Gasteiger partial charge in [0.15, 0.2) is 0 Å². The monoisotopic (exact) mass is 152 g/mol. The third-order valence-electron chi connectivity index (χ3n) is 0. The van der Waals surface area contributed by atoms with Crippen LogP contribution in [0.3, 0.4) is 0 Å². The first-order chi connectivity index (χ1) is 3.41. The van der Waals surface area contributed by atoms with Gasteiger partial charge in [-0.1, -0.05) is 0 Å². The van der Waals surface area contributed by atoms with Crippen molar-refractivity contribution in [3.8, 4) is 0 Å². The van der Waals surface area contributed by atoms with Crippen LogP contribution >= 0.6 is 7.82 Å². The Hall–Kier alpha value is 0.637. The molecule has 0 rings (SSSR count). The number of hydrogen-bond acceptors (Lipinski definition) is 1. The molecule has 9 heavy (non-hydrogen) atoms. The standard InChI is InChI=1S/C2H4F.Li.H3O4P/c1-2-3;;1-5(2,3)4/h1-2H2;;(H3,1,2,3,4)/q-1;+1;. The van der Waals surface area contributed by atoms with Crippen LogP contribution in [-0.4, -0.2) is 21.4 Å². The predicted octanol–water partition coefficient (Wildman–Crippen LogP) is -3.13. The Balaban J connectivity index is -0.0000000800. The Labute approximate surface area is 64.5 Å². The second kappa shape index (κ2) is 8.64. The van der Waals surface area contributed by atoms with E-state index in [1.165, 1.54) is 0 Å². The molecule has 3 N–H and O–H groups in total. The van der Waals surface area contributed by atoms with E-state index in [0.717, 1.165) is 0 Å². The molecule has 4 nitrogen and oxygen atoms in total. The van der Waals surface area contributed by atoms with Crippen molar-refractivity contribution in [2.45, 2.75) is 0 Å². The van der Waals surface area contributed by atoms with Crippen molar-refractivity contribution < 1.29 is 42.5 Å². The van der Waals surface area contributed by atoms with Crippen LogP contribution in [0.2, 0.25) is 0 Å². The Morgan fingerprint density at radius 3 is 1.44 bits per heavy atom. The first kappa shape index (κ1) is 16.3. The van der Waals surface area contributed by atoms with E-state index in [9.17, 15) is 4.39 Å². The fourth-order valence-electron chi connectivity index (χ4n) is 0. The van der Waals surface area contributed by atoms with E-state index in [-0.39, 0.29) is 18.9 Å². The van der Waals surface area contributed by atoms with E-state index in [1.54, 1.807) is 0 Å². The maximum Gasteiger partial charge on any atom is 1.00 e. The van der Waals surface area contributed by atoms with Crippen molar-refractivity contribution in [1.82, 2.24) is 0 Å². The quantitative estimate of drug-likeness (QED) is 0.195. The molecule has 0 saturated carbocycles. The zero-order valence-corrected chi connectivity index (χ0v) is 5.88. The van der Waals surface area contributed by atoms with Crippen LogP contribution in [0.4, 0.5) is 4.39 Å². The minimum absolute atomic E-state index is 0. The summed E-state index contributed by atoms with van der Waals surface area (Å²) in [5.41, 5.74) is 0. The van der Waals surface area contributed by atoms with Crippen LogP contribution in [0.25, 0.3) is 0 Å². The van der Waals surface area contributed by atoms with Crippen LogP contribution in [-0.2, 0) is 4.57 Å². The third-order valence-corrected chi connectivity index (χ3v) is 0. The van der Waals surface area contributed by atoms with Crippen molar-refractivity contribution in [2.75, 3.05) is 6.67 Å². The number of alkyl halides is 1. The minimum atomic E-state index is -4.64. The van der Waals surface area contributed by atoms with Crippen molar-refractivity contribution in [3.05, 3.63) is 6.92 Å². The van der Waals surface area contributed by atoms with Crippen LogP contribution in [0.1, 0.15) is 0 Å². The minimum Gasteiger partial charge on any atom is -0.313 e. The Morgan fingerprint density at radius 2 is 1.44 bits per heavy atom. The van der Waals surface area contributed by atoms with E-state index in [2.05, 4.69) is 6.92 Å². The van der Waals surface area contributed by atoms with Gasteiger partial charge in [0.1, 0.15) is 0 Å². The number of phosphoric acid groups is 1. The van der Waals surface area contributed by atoms with Gasteiger partial charge in [-0.25, -0.2) is 4.57 Å². The number of halogens is 1. The number of rotatable bonds is 0. The average molecular weight is 152 g/mol. The van der Waals surface area contributed by atoms with Gasteiger partial charge in [0.25, 0.3) is 0 Å². The molecule has 0 fully saturated rings. The van der Waals surface area contributed by atoms with E-state index in [4.69, 9.17) is 19.2 Å². The third kappa shape index (κ3) is 937. The zero-order valence-electron chi connectivity index (χ0n) is 4.99. The molecule has 0 aliphatic rings. The van der Waals surface area contributed by atoms with Gasteiger partial charge in [-0.05, 0) is 6.67 Å². The smallest absolute Gasteiger partial charge is 0.313 e. The van der Waals surface area contributed by atoms with E-state index in [1.807, 2.05) is 0 Å². The van der Waals surface area contributed by atoms with Crippen LogP contribution in [0.15, 0.2) is 0 Å². The molecule has 0 spiro atoms. The molecule has 0 unspecified atom stereocenters. The van der Waals surface area contributed by atoms with E-state index >= 15 is 0 Å². The molecule has 0 aliphatic carbocycles. The Bertz CT molecular complexity index is 74.4. The molecule has 0 saturated heterocycles. The summed E-state index contributed by atoms with van der Waals surface area (Å²) in [5, 5.41) is 0. The maximum absolute atomic E-state index is 10.2. The predicted molar refractivity (Wildman–Crippen MR) is 25.6 cm³/mol. The summed E-state index contributed by atoms with van der Waals surface area (Å²) >= 11 is 0. The second-order valence-corrected chi connectivity index (χ2v) is 1.73. The van der Waals surface area contributed by atoms with Gasteiger partial charge in [-0.2, -0.15) is 0 Å². The summed E-state index contributed by atoms with van der Waals surface area (Å²) in [6.45, 7) is 2.32. The fourth-order valence-corrected chi connectivity index (χ4v) is 0. The Morgan fingerprint density at radius 1 is 1.44 bits per heavy atom. The summed E-state index contributed by atoms with van der Waals surface area (Å²) in [4.78, 5) is 21.6. The second-order valence-electron chi connectivity index (χ2n) is 0.702. The van der Waals surface area contributed by atoms with Crippen molar-refractivity contribution in [3.63, 3.8) is 0 Å². The molecule has 0 amide bonds. The van der Waals surface area contributed by atoms with Crippen LogP contribution < -0.4 is 18.9 Å². The molecule has 7 heteroatoms. The van der Waals surface area contributed by atoms with Crippen LogP contribution in [0, 0.1) is 6.92 Å². The normalized spacial score (nSPS) is 8.56. The first-order valence-corrected chi connectivity index (χ1v) is 3.11. The summed E-state index contributed by atoms with van der Waals surface area (Å²) in [7, 11) is -4.64. The molecule has 0 aromatic heterocycles. The van der Waals surface area contributed by atoms with Crippen molar-refractivity contribution in [1.29, 1.82) is 0 Å². The van der Waals surface area contributed by atoms with Gasteiger partial charge >= 0.3 is 26.7 Å². The van der Waals surface area contributed by atoms with Gasteiger partial charge < -0.3 is 21.6 Å². The molecular formula is C2H7FLiO4P. The van der Waals surface area contributed by atoms with Crippen molar-refractivity contribution in [2.24, 2.45) is 0 Å². The van der Waals surface area contributed by atoms with E-state index in [0.29, 0.717) is 0 Å². The molecule has 52 valence electrons. The van der Waals surface area contributed by atoms with Crippen molar-refractivity contribution >= 4 is 7.82 Å². The van der Waals surface area contributed by atoms with Gasteiger partial charge in [-0.15, -0.1) is 0 Å². The molecular weight excluding hydrogens is 145 g/mol. The van der Waals surface area contributed by atoms with Gasteiger partial charge in [0.2, 0.25) is 0 Å². The molecule has 0 aromatic rings. The first-order valence-electron chi connectivity index (χ1n) is 1.55. The zero-order chi connectivity index (χ0) is 7.21. The Kier molecular flexibility index (Phi) is 15.7. The van der Waals surface area contributed by atoms with Gasteiger partial charge in [-0.3, -0.25) is 4.39 Å².